The molecule has 1 N–H and O–H groups in total. The average molecular weight is 434 g/mol. The maximum absolute atomic E-state index is 12.4. The number of nitriles is 1. The first-order valence-electron chi connectivity index (χ1n) is 10.4. The molecule has 7 heteroatoms. The molecule has 0 amide bonds. The normalized spacial score (nSPS) is 19.0. The van der Waals surface area contributed by atoms with Gasteiger partial charge in [0.2, 0.25) is 0 Å². The highest BCUT2D eigenvalue weighted by molar-refractivity contribution is 5.85. The predicted molar refractivity (Wildman–Crippen MR) is 126 cm³/mol. The van der Waals surface area contributed by atoms with Gasteiger partial charge in [0, 0.05) is 49.8 Å². The second kappa shape index (κ2) is 8.93. The number of benzene rings is 1. The van der Waals surface area contributed by atoms with Gasteiger partial charge < -0.3 is 9.88 Å². The minimum absolute atomic E-state index is 0. The lowest BCUT2D eigenvalue weighted by atomic mass is 10.1. The minimum atomic E-state index is -0.0732. The Morgan fingerprint density at radius 3 is 2.61 bits per heavy atom. The van der Waals surface area contributed by atoms with Gasteiger partial charge in [-0.1, -0.05) is 6.08 Å². The van der Waals surface area contributed by atoms with E-state index in [1.807, 2.05) is 36.4 Å². The summed E-state index contributed by atoms with van der Waals surface area (Å²) in [6, 6.07) is 16.0. The second-order valence-electron chi connectivity index (χ2n) is 7.93. The second-order valence-corrected chi connectivity index (χ2v) is 7.93. The monoisotopic (exact) mass is 433 g/mol. The Labute approximate surface area is 187 Å². The van der Waals surface area contributed by atoms with Gasteiger partial charge in [0.15, 0.2) is 0 Å². The van der Waals surface area contributed by atoms with E-state index in [9.17, 15) is 4.79 Å². The number of hydrogen-bond donors (Lipinski definition) is 1. The van der Waals surface area contributed by atoms with Crippen LogP contribution in [0.4, 0.5) is 5.69 Å². The summed E-state index contributed by atoms with van der Waals surface area (Å²) in [7, 11) is 0. The fourth-order valence-corrected chi connectivity index (χ4v) is 4.53. The molecule has 158 valence electrons. The Morgan fingerprint density at radius 1 is 1.10 bits per heavy atom. The van der Waals surface area contributed by atoms with Crippen molar-refractivity contribution in [2.45, 2.75) is 18.9 Å². The first-order chi connectivity index (χ1) is 14.7. The molecule has 2 aliphatic rings. The molecule has 1 aliphatic heterocycles. The summed E-state index contributed by atoms with van der Waals surface area (Å²) in [6.07, 6.45) is 6.09. The third-order valence-corrected chi connectivity index (χ3v) is 6.21. The van der Waals surface area contributed by atoms with E-state index in [0.717, 1.165) is 50.2 Å². The molecular weight excluding hydrogens is 410 g/mol. The number of rotatable bonds is 3. The lowest BCUT2D eigenvalue weighted by Crippen LogP contribution is -2.49. The highest BCUT2D eigenvalue weighted by Gasteiger charge is 2.27. The first-order valence-corrected chi connectivity index (χ1v) is 10.4. The van der Waals surface area contributed by atoms with Gasteiger partial charge in [-0.2, -0.15) is 5.26 Å². The van der Waals surface area contributed by atoms with Crippen LogP contribution in [0.3, 0.4) is 0 Å². The molecule has 3 heterocycles. The number of piperazine rings is 1. The maximum Gasteiger partial charge on any atom is 0.257 e. The van der Waals surface area contributed by atoms with Crippen molar-refractivity contribution in [3.05, 3.63) is 76.3 Å². The van der Waals surface area contributed by atoms with Crippen LogP contribution in [0.25, 0.3) is 16.5 Å². The fraction of sp³-hybridized carbons (Fsp3) is 0.292. The number of hydrogen-bond acceptors (Lipinski definition) is 5. The third kappa shape index (κ3) is 4.20. The van der Waals surface area contributed by atoms with E-state index in [1.165, 1.54) is 11.3 Å². The molecule has 2 aromatic heterocycles. The molecule has 1 aliphatic carbocycles. The van der Waals surface area contributed by atoms with E-state index in [0.29, 0.717) is 17.0 Å². The number of aromatic amines is 1. The van der Waals surface area contributed by atoms with Gasteiger partial charge in [0.25, 0.3) is 5.56 Å². The Hall–Kier alpha value is -3.14. The maximum atomic E-state index is 12.4. The van der Waals surface area contributed by atoms with Crippen molar-refractivity contribution < 1.29 is 0 Å². The predicted octanol–water partition coefficient (Wildman–Crippen LogP) is 3.58. The number of fused-ring (bicyclic) bond motifs is 1. The van der Waals surface area contributed by atoms with E-state index in [2.05, 4.69) is 31.9 Å². The van der Waals surface area contributed by atoms with E-state index in [4.69, 9.17) is 5.26 Å². The molecule has 1 saturated heterocycles. The largest absolute Gasteiger partial charge is 0.369 e. The Balaban J connectivity index is 0.00000231. The Morgan fingerprint density at radius 2 is 1.87 bits per heavy atom. The molecule has 0 spiro atoms. The van der Waals surface area contributed by atoms with Crippen molar-refractivity contribution in [1.29, 1.82) is 5.26 Å². The highest BCUT2D eigenvalue weighted by atomic mass is 35.5. The molecule has 1 fully saturated rings. The van der Waals surface area contributed by atoms with Crippen molar-refractivity contribution in [3.8, 4) is 6.07 Å². The third-order valence-electron chi connectivity index (χ3n) is 6.21. The highest BCUT2D eigenvalue weighted by Crippen LogP contribution is 2.31. The van der Waals surface area contributed by atoms with Crippen molar-refractivity contribution in [2.24, 2.45) is 0 Å². The van der Waals surface area contributed by atoms with Gasteiger partial charge in [-0.05, 0) is 60.9 Å². The number of allylic oxidation sites excluding steroid dienone is 1. The van der Waals surface area contributed by atoms with Crippen LogP contribution in [0.1, 0.15) is 24.1 Å². The number of halogens is 1. The molecule has 1 aromatic carbocycles. The molecule has 31 heavy (non-hydrogen) atoms. The Kier molecular flexibility index (Phi) is 6.08. The van der Waals surface area contributed by atoms with Gasteiger partial charge in [0.05, 0.1) is 22.5 Å². The van der Waals surface area contributed by atoms with E-state index in [-0.39, 0.29) is 18.0 Å². The summed E-state index contributed by atoms with van der Waals surface area (Å²) in [5.41, 5.74) is 4.65. The topological polar surface area (TPSA) is 76.0 Å². The number of H-pyrrole nitrogens is 1. The molecule has 5 rings (SSSR count). The molecule has 3 aromatic rings. The van der Waals surface area contributed by atoms with Crippen LogP contribution < -0.4 is 10.5 Å². The van der Waals surface area contributed by atoms with Crippen LogP contribution in [-0.2, 0) is 0 Å². The van der Waals surface area contributed by atoms with Crippen molar-refractivity contribution in [1.82, 2.24) is 14.9 Å². The lowest BCUT2D eigenvalue weighted by Gasteiger charge is -2.38. The van der Waals surface area contributed by atoms with Crippen LogP contribution in [0.15, 0.2) is 59.5 Å². The molecule has 1 atom stereocenters. The zero-order chi connectivity index (χ0) is 20.5. The van der Waals surface area contributed by atoms with Gasteiger partial charge in [-0.15, -0.1) is 12.4 Å². The van der Waals surface area contributed by atoms with Crippen LogP contribution in [0, 0.1) is 11.3 Å². The van der Waals surface area contributed by atoms with E-state index >= 15 is 0 Å². The lowest BCUT2D eigenvalue weighted by molar-refractivity contribution is 0.214. The van der Waals surface area contributed by atoms with Crippen molar-refractivity contribution in [3.63, 3.8) is 0 Å². The zero-order valence-corrected chi connectivity index (χ0v) is 17.9. The van der Waals surface area contributed by atoms with E-state index in [1.54, 1.807) is 12.3 Å². The smallest absolute Gasteiger partial charge is 0.257 e. The van der Waals surface area contributed by atoms with Gasteiger partial charge in [-0.3, -0.25) is 14.7 Å². The quantitative estimate of drug-likeness (QED) is 0.683. The number of anilines is 1. The summed E-state index contributed by atoms with van der Waals surface area (Å²) in [4.78, 5) is 24.7. The van der Waals surface area contributed by atoms with Gasteiger partial charge in [-0.25, -0.2) is 0 Å². The summed E-state index contributed by atoms with van der Waals surface area (Å²) < 4.78 is 0. The van der Waals surface area contributed by atoms with Crippen molar-refractivity contribution in [2.75, 3.05) is 31.1 Å². The Bertz CT molecular complexity index is 1200. The van der Waals surface area contributed by atoms with Gasteiger partial charge >= 0.3 is 0 Å². The average Bonchev–Trinajstić information content (AvgIpc) is 3.30. The molecule has 0 saturated carbocycles. The minimum Gasteiger partial charge on any atom is -0.369 e. The summed E-state index contributed by atoms with van der Waals surface area (Å²) in [5, 5.41) is 9.60. The van der Waals surface area contributed by atoms with E-state index < -0.39 is 0 Å². The molecule has 6 nitrogen and oxygen atoms in total. The van der Waals surface area contributed by atoms with Crippen LogP contribution in [-0.4, -0.2) is 47.1 Å². The molecule has 0 bridgehead atoms. The number of aromatic nitrogens is 2. The summed E-state index contributed by atoms with van der Waals surface area (Å²) in [5.74, 6) is 0. The number of nitrogens with zero attached hydrogens (tertiary/aromatic N) is 4. The van der Waals surface area contributed by atoms with Crippen LogP contribution in [0.2, 0.25) is 0 Å². The standard InChI is InChI=1S/C24H23N5O.ClH/c25-16-17-3-6-19(7-4-17)28-10-12-29(13-11-28)20-8-5-18(14-20)22-15-23-21(24(30)27-22)2-1-9-26-23;/h1-4,6-7,9,14-15,20H,5,8,10-13H2,(H,27,30);1H/t20-;/m0./s1. The number of nitrogens with one attached hydrogen (secondary N) is 1. The van der Waals surface area contributed by atoms with Crippen molar-refractivity contribution >= 4 is 34.6 Å². The summed E-state index contributed by atoms with van der Waals surface area (Å²) >= 11 is 0. The van der Waals surface area contributed by atoms with Crippen LogP contribution >= 0.6 is 12.4 Å². The molecule has 0 radical (unpaired) electrons. The van der Waals surface area contributed by atoms with Gasteiger partial charge in [0.1, 0.15) is 0 Å². The number of pyridine rings is 2. The SMILES string of the molecule is Cl.N#Cc1ccc(N2CCN([C@@H]3C=C(c4cc5ncccc5c(=O)[nH]4)CC3)CC2)cc1. The zero-order valence-electron chi connectivity index (χ0n) is 17.1. The van der Waals surface area contributed by atoms with Crippen LogP contribution in [0.5, 0.6) is 0 Å². The molecular formula is C24H24ClN5O. The summed E-state index contributed by atoms with van der Waals surface area (Å²) in [6.45, 7) is 3.96. The fourth-order valence-electron chi connectivity index (χ4n) is 4.53. The first kappa shape index (κ1) is 21.1. The molecule has 0 unspecified atom stereocenters.